The molecule has 0 N–H and O–H groups in total. The summed E-state index contributed by atoms with van der Waals surface area (Å²) < 4.78 is 5.93. The van der Waals surface area contributed by atoms with Gasteiger partial charge in [0.05, 0.1) is 11.6 Å². The molecule has 0 spiro atoms. The third-order valence-corrected chi connectivity index (χ3v) is 7.15. The number of nitrogens with zero attached hydrogens (tertiary/aromatic N) is 5. The molecular formula is C23H24ClN5O2S. The largest absolute Gasteiger partial charge is 0.491 e. The van der Waals surface area contributed by atoms with Crippen molar-refractivity contribution in [1.82, 2.24) is 19.8 Å². The molecule has 3 aromatic rings. The Kier molecular flexibility index (Phi) is 6.25. The summed E-state index contributed by atoms with van der Waals surface area (Å²) in [5.41, 5.74) is 2.26. The Labute approximate surface area is 196 Å². The molecule has 5 rings (SSSR count). The number of aromatic nitrogens is 2. The molecule has 0 atom stereocenters. The van der Waals surface area contributed by atoms with Crippen molar-refractivity contribution in [3.05, 3.63) is 69.1 Å². The predicted molar refractivity (Wildman–Crippen MR) is 126 cm³/mol. The van der Waals surface area contributed by atoms with Crippen LogP contribution in [0.5, 0.6) is 5.75 Å². The fourth-order valence-corrected chi connectivity index (χ4v) is 5.23. The maximum atomic E-state index is 13.0. The number of benzene rings is 1. The minimum absolute atomic E-state index is 0.0360. The molecule has 1 amide bonds. The van der Waals surface area contributed by atoms with E-state index < -0.39 is 0 Å². The van der Waals surface area contributed by atoms with Gasteiger partial charge in [-0.05, 0) is 35.2 Å². The summed E-state index contributed by atoms with van der Waals surface area (Å²) in [5, 5.41) is 2.36. The van der Waals surface area contributed by atoms with Gasteiger partial charge in [0.25, 0.3) is 5.91 Å². The molecule has 32 heavy (non-hydrogen) atoms. The van der Waals surface area contributed by atoms with Crippen molar-refractivity contribution in [1.29, 1.82) is 0 Å². The zero-order valence-electron chi connectivity index (χ0n) is 17.6. The Hall–Kier alpha value is -2.68. The van der Waals surface area contributed by atoms with E-state index in [-0.39, 0.29) is 5.91 Å². The van der Waals surface area contributed by atoms with Gasteiger partial charge in [0.15, 0.2) is 0 Å². The lowest BCUT2D eigenvalue weighted by Crippen LogP contribution is -2.46. The highest BCUT2D eigenvalue weighted by Gasteiger charge is 2.24. The average molecular weight is 470 g/mol. The molecular weight excluding hydrogens is 446 g/mol. The van der Waals surface area contributed by atoms with Crippen molar-refractivity contribution in [3.8, 4) is 5.75 Å². The van der Waals surface area contributed by atoms with E-state index in [9.17, 15) is 4.79 Å². The van der Waals surface area contributed by atoms with E-state index in [0.717, 1.165) is 50.0 Å². The number of anilines is 1. The van der Waals surface area contributed by atoms with Crippen LogP contribution in [0, 0.1) is 0 Å². The smallest absolute Gasteiger partial charge is 0.265 e. The van der Waals surface area contributed by atoms with Gasteiger partial charge in [-0.3, -0.25) is 9.69 Å². The lowest BCUT2D eigenvalue weighted by atomic mass is 10.1. The summed E-state index contributed by atoms with van der Waals surface area (Å²) in [5.74, 6) is 1.61. The van der Waals surface area contributed by atoms with E-state index in [0.29, 0.717) is 29.6 Å². The minimum atomic E-state index is -0.0360. The van der Waals surface area contributed by atoms with Gasteiger partial charge in [0, 0.05) is 57.2 Å². The average Bonchev–Trinajstić information content (AvgIpc) is 3.14. The normalized spacial score (nSPS) is 16.9. The highest BCUT2D eigenvalue weighted by atomic mass is 35.5. The van der Waals surface area contributed by atoms with Gasteiger partial charge in [-0.15, -0.1) is 11.3 Å². The lowest BCUT2D eigenvalue weighted by Gasteiger charge is -2.34. The molecule has 166 valence electrons. The number of ether oxygens (including phenoxy) is 1. The number of halogens is 1. The molecule has 0 bridgehead atoms. The standard InChI is InChI=1S/C23H24ClN5O2S/c24-19-4-13-32-21(19)22(30)29-11-12-31-20-3-2-17(14-18(20)16-29)15-27-7-9-28(10-8-27)23-25-5-1-6-26-23/h1-6,13-14H,7-12,15-16H2. The fraction of sp³-hybridized carbons (Fsp3) is 0.348. The number of piperazine rings is 1. The summed E-state index contributed by atoms with van der Waals surface area (Å²) in [6.07, 6.45) is 3.57. The Morgan fingerprint density at radius 3 is 2.66 bits per heavy atom. The Bertz CT molecular complexity index is 1090. The molecule has 0 saturated carbocycles. The predicted octanol–water partition coefficient (Wildman–Crippen LogP) is 3.55. The van der Waals surface area contributed by atoms with Gasteiger partial charge in [0.1, 0.15) is 17.2 Å². The molecule has 1 saturated heterocycles. The number of thiophene rings is 1. The molecule has 1 fully saturated rings. The Balaban J connectivity index is 1.24. The Morgan fingerprint density at radius 2 is 1.91 bits per heavy atom. The zero-order valence-corrected chi connectivity index (χ0v) is 19.2. The summed E-state index contributed by atoms with van der Waals surface area (Å²) in [6.45, 7) is 6.12. The van der Waals surface area contributed by atoms with Gasteiger partial charge in [0.2, 0.25) is 5.95 Å². The Morgan fingerprint density at radius 1 is 1.09 bits per heavy atom. The maximum absolute atomic E-state index is 13.0. The van der Waals surface area contributed by atoms with Crippen molar-refractivity contribution in [2.24, 2.45) is 0 Å². The van der Waals surface area contributed by atoms with Crippen LogP contribution in [0.2, 0.25) is 5.02 Å². The number of carbonyl (C=O) groups is 1. The fourth-order valence-electron chi connectivity index (χ4n) is 4.13. The second-order valence-electron chi connectivity index (χ2n) is 7.93. The van der Waals surface area contributed by atoms with Crippen LogP contribution in [0.15, 0.2) is 48.1 Å². The van der Waals surface area contributed by atoms with Gasteiger partial charge < -0.3 is 14.5 Å². The number of amides is 1. The van der Waals surface area contributed by atoms with Crippen LogP contribution in [0.1, 0.15) is 20.8 Å². The van der Waals surface area contributed by atoms with Crippen molar-refractivity contribution in [2.75, 3.05) is 44.2 Å². The number of fused-ring (bicyclic) bond motifs is 1. The summed E-state index contributed by atoms with van der Waals surface area (Å²) in [6, 6.07) is 9.93. The molecule has 0 aliphatic carbocycles. The third-order valence-electron chi connectivity index (χ3n) is 5.82. The molecule has 2 aromatic heterocycles. The van der Waals surface area contributed by atoms with Crippen molar-refractivity contribution in [2.45, 2.75) is 13.1 Å². The molecule has 0 unspecified atom stereocenters. The van der Waals surface area contributed by atoms with E-state index in [4.69, 9.17) is 16.3 Å². The summed E-state index contributed by atoms with van der Waals surface area (Å²) in [7, 11) is 0. The van der Waals surface area contributed by atoms with E-state index >= 15 is 0 Å². The lowest BCUT2D eigenvalue weighted by molar-refractivity contribution is 0.0738. The SMILES string of the molecule is O=C(c1sccc1Cl)N1CCOc2ccc(CN3CCN(c4ncccn4)CC3)cc2C1. The van der Waals surface area contributed by atoms with Crippen LogP contribution in [0.25, 0.3) is 0 Å². The van der Waals surface area contributed by atoms with Gasteiger partial charge >= 0.3 is 0 Å². The quantitative estimate of drug-likeness (QED) is 0.582. The van der Waals surface area contributed by atoms with Gasteiger partial charge in [-0.25, -0.2) is 9.97 Å². The van der Waals surface area contributed by atoms with Crippen molar-refractivity contribution >= 4 is 34.8 Å². The molecule has 4 heterocycles. The first kappa shape index (κ1) is 21.2. The third kappa shape index (κ3) is 4.57. The van der Waals surface area contributed by atoms with Crippen LogP contribution < -0.4 is 9.64 Å². The van der Waals surface area contributed by atoms with E-state index in [1.54, 1.807) is 18.5 Å². The minimum Gasteiger partial charge on any atom is -0.491 e. The van der Waals surface area contributed by atoms with E-state index in [1.807, 2.05) is 22.4 Å². The number of carbonyl (C=O) groups excluding carboxylic acids is 1. The van der Waals surface area contributed by atoms with Crippen LogP contribution in [0.4, 0.5) is 5.95 Å². The summed E-state index contributed by atoms with van der Waals surface area (Å²) in [4.78, 5) is 28.8. The second-order valence-corrected chi connectivity index (χ2v) is 9.25. The molecule has 2 aliphatic heterocycles. The van der Waals surface area contributed by atoms with Crippen LogP contribution in [-0.4, -0.2) is 65.0 Å². The second kappa shape index (κ2) is 9.44. The highest BCUT2D eigenvalue weighted by molar-refractivity contribution is 7.12. The molecule has 0 radical (unpaired) electrons. The first-order valence-corrected chi connectivity index (χ1v) is 11.9. The first-order valence-electron chi connectivity index (χ1n) is 10.7. The van der Waals surface area contributed by atoms with Crippen molar-refractivity contribution < 1.29 is 9.53 Å². The van der Waals surface area contributed by atoms with Crippen LogP contribution in [0.3, 0.4) is 0 Å². The zero-order chi connectivity index (χ0) is 21.9. The molecule has 9 heteroatoms. The molecule has 7 nitrogen and oxygen atoms in total. The van der Waals surface area contributed by atoms with Crippen LogP contribution in [-0.2, 0) is 13.1 Å². The number of hydrogen-bond donors (Lipinski definition) is 0. The monoisotopic (exact) mass is 469 g/mol. The highest BCUT2D eigenvalue weighted by Crippen LogP contribution is 2.29. The molecule has 2 aliphatic rings. The van der Waals surface area contributed by atoms with Crippen LogP contribution >= 0.6 is 22.9 Å². The summed E-state index contributed by atoms with van der Waals surface area (Å²) >= 11 is 7.57. The number of rotatable bonds is 4. The topological polar surface area (TPSA) is 61.8 Å². The van der Waals surface area contributed by atoms with E-state index in [1.165, 1.54) is 16.9 Å². The van der Waals surface area contributed by atoms with Crippen molar-refractivity contribution in [3.63, 3.8) is 0 Å². The van der Waals surface area contributed by atoms with Gasteiger partial charge in [-0.2, -0.15) is 0 Å². The van der Waals surface area contributed by atoms with E-state index in [2.05, 4.69) is 31.9 Å². The number of hydrogen-bond acceptors (Lipinski definition) is 7. The molecule has 1 aromatic carbocycles. The maximum Gasteiger partial charge on any atom is 0.265 e. The van der Waals surface area contributed by atoms with Gasteiger partial charge in [-0.1, -0.05) is 17.7 Å². The first-order chi connectivity index (χ1) is 15.7.